The summed E-state index contributed by atoms with van der Waals surface area (Å²) in [6, 6.07) is 5.47. The minimum absolute atomic E-state index is 0.0132. The normalized spacial score (nSPS) is 19.3. The smallest absolute Gasteiger partial charge is 0.339 e. The lowest BCUT2D eigenvalue weighted by Gasteiger charge is -2.18. The first-order chi connectivity index (χ1) is 10.5. The molecule has 0 spiro atoms. The third-order valence-corrected chi connectivity index (χ3v) is 3.80. The van der Waals surface area contributed by atoms with E-state index >= 15 is 0 Å². The summed E-state index contributed by atoms with van der Waals surface area (Å²) in [5, 5.41) is 7.07. The summed E-state index contributed by atoms with van der Waals surface area (Å²) >= 11 is 0. The van der Waals surface area contributed by atoms with E-state index in [1.165, 1.54) is 12.1 Å². The molecule has 1 aliphatic heterocycles. The van der Waals surface area contributed by atoms with Gasteiger partial charge in [-0.15, -0.1) is 0 Å². The zero-order valence-corrected chi connectivity index (χ0v) is 11.9. The van der Waals surface area contributed by atoms with Crippen LogP contribution in [0.15, 0.2) is 28.8 Å². The van der Waals surface area contributed by atoms with Crippen LogP contribution in [0.3, 0.4) is 0 Å². The van der Waals surface area contributed by atoms with Crippen LogP contribution in [0, 0.1) is 0 Å². The molecule has 1 saturated heterocycles. The number of nitrogens with zero attached hydrogens (tertiary/aromatic N) is 2. The molecule has 2 heterocycles. The quantitative estimate of drug-likeness (QED) is 0.946. The lowest BCUT2D eigenvalue weighted by atomic mass is 10.00. The Morgan fingerprint density at radius 1 is 1.27 bits per heavy atom. The Morgan fingerprint density at radius 3 is 2.82 bits per heavy atom. The first kappa shape index (κ1) is 15.0. The first-order valence-corrected chi connectivity index (χ1v) is 7.22. The number of alkyl halides is 3. The van der Waals surface area contributed by atoms with Gasteiger partial charge in [-0.2, -0.15) is 18.2 Å². The Balaban J connectivity index is 1.78. The van der Waals surface area contributed by atoms with Crippen molar-refractivity contribution in [2.45, 2.75) is 31.4 Å². The van der Waals surface area contributed by atoms with Crippen molar-refractivity contribution in [2.24, 2.45) is 0 Å². The predicted molar refractivity (Wildman–Crippen MR) is 73.4 cm³/mol. The third kappa shape index (κ3) is 3.30. The van der Waals surface area contributed by atoms with E-state index in [9.17, 15) is 13.2 Å². The third-order valence-electron chi connectivity index (χ3n) is 3.80. The monoisotopic (exact) mass is 311 g/mol. The highest BCUT2D eigenvalue weighted by Gasteiger charge is 2.33. The average molecular weight is 311 g/mol. The van der Waals surface area contributed by atoms with Gasteiger partial charge in [-0.3, -0.25) is 0 Å². The van der Waals surface area contributed by atoms with E-state index in [1.54, 1.807) is 6.07 Å². The maximum Gasteiger partial charge on any atom is 0.416 e. The van der Waals surface area contributed by atoms with E-state index < -0.39 is 11.7 Å². The summed E-state index contributed by atoms with van der Waals surface area (Å²) in [5.74, 6) is 0.942. The Morgan fingerprint density at radius 2 is 2.09 bits per heavy atom. The van der Waals surface area contributed by atoms with E-state index in [-0.39, 0.29) is 23.7 Å². The molecule has 1 fully saturated rings. The highest BCUT2D eigenvalue weighted by Crippen LogP contribution is 2.32. The average Bonchev–Trinajstić information content (AvgIpc) is 2.96. The fourth-order valence-corrected chi connectivity index (χ4v) is 2.69. The molecular weight excluding hydrogens is 295 g/mol. The van der Waals surface area contributed by atoms with Crippen LogP contribution in [0.1, 0.15) is 41.6 Å². The van der Waals surface area contributed by atoms with Crippen molar-refractivity contribution >= 4 is 0 Å². The van der Waals surface area contributed by atoms with Gasteiger partial charge in [-0.1, -0.05) is 23.4 Å². The second-order valence-electron chi connectivity index (χ2n) is 5.42. The van der Waals surface area contributed by atoms with Crippen LogP contribution in [-0.4, -0.2) is 23.2 Å². The van der Waals surface area contributed by atoms with Crippen LogP contribution in [0.2, 0.25) is 0 Å². The molecule has 1 unspecified atom stereocenters. The number of hydrogen-bond donors (Lipinski definition) is 1. The summed E-state index contributed by atoms with van der Waals surface area (Å²) < 4.78 is 44.1. The Hall–Kier alpha value is -1.89. The molecule has 0 radical (unpaired) electrons. The summed E-state index contributed by atoms with van der Waals surface area (Å²) in [4.78, 5) is 4.27. The molecule has 2 aromatic rings. The maximum atomic E-state index is 13.0. The first-order valence-electron chi connectivity index (χ1n) is 7.22. The van der Waals surface area contributed by atoms with Crippen molar-refractivity contribution < 1.29 is 17.7 Å². The molecule has 1 aromatic heterocycles. The Kier molecular flexibility index (Phi) is 4.15. The van der Waals surface area contributed by atoms with Gasteiger partial charge >= 0.3 is 6.18 Å². The lowest BCUT2D eigenvalue weighted by molar-refractivity contribution is -0.138. The minimum atomic E-state index is -4.38. The summed E-state index contributed by atoms with van der Waals surface area (Å²) in [7, 11) is 0. The Labute approximate surface area is 125 Å². The lowest BCUT2D eigenvalue weighted by Crippen LogP contribution is -2.28. The van der Waals surface area contributed by atoms with Crippen LogP contribution in [0.5, 0.6) is 0 Å². The molecule has 4 nitrogen and oxygen atoms in total. The molecular formula is C15H16F3N3O. The topological polar surface area (TPSA) is 51.0 Å². The zero-order chi connectivity index (χ0) is 15.6. The zero-order valence-electron chi connectivity index (χ0n) is 11.9. The molecule has 1 aromatic carbocycles. The number of nitrogens with one attached hydrogen (secondary N) is 1. The van der Waals surface area contributed by atoms with Gasteiger partial charge in [-0.25, -0.2) is 0 Å². The van der Waals surface area contributed by atoms with Crippen LogP contribution in [0.4, 0.5) is 13.2 Å². The molecule has 3 rings (SSSR count). The van der Waals surface area contributed by atoms with Crippen LogP contribution >= 0.6 is 0 Å². The minimum Gasteiger partial charge on any atom is -0.339 e. The fourth-order valence-electron chi connectivity index (χ4n) is 2.69. The van der Waals surface area contributed by atoms with Gasteiger partial charge in [0.2, 0.25) is 5.89 Å². The highest BCUT2D eigenvalue weighted by atomic mass is 19.4. The summed E-state index contributed by atoms with van der Waals surface area (Å²) in [6.07, 6.45) is -2.39. The van der Waals surface area contributed by atoms with E-state index in [0.29, 0.717) is 5.89 Å². The van der Waals surface area contributed by atoms with Crippen molar-refractivity contribution in [3.8, 4) is 0 Å². The fraction of sp³-hybridized carbons (Fsp3) is 0.467. The highest BCUT2D eigenvalue weighted by molar-refractivity contribution is 5.31. The molecule has 7 heteroatoms. The van der Waals surface area contributed by atoms with Crippen LogP contribution in [0.25, 0.3) is 0 Å². The molecule has 0 amide bonds. The van der Waals surface area contributed by atoms with E-state index in [0.717, 1.165) is 32.0 Å². The molecule has 1 aliphatic rings. The molecule has 0 bridgehead atoms. The molecule has 1 atom stereocenters. The van der Waals surface area contributed by atoms with Crippen LogP contribution < -0.4 is 5.32 Å². The van der Waals surface area contributed by atoms with E-state index in [4.69, 9.17) is 4.52 Å². The maximum absolute atomic E-state index is 13.0. The van der Waals surface area contributed by atoms with Gasteiger partial charge in [0.25, 0.3) is 0 Å². The van der Waals surface area contributed by atoms with Gasteiger partial charge in [0.15, 0.2) is 5.82 Å². The number of benzene rings is 1. The van der Waals surface area contributed by atoms with Crippen molar-refractivity contribution in [1.82, 2.24) is 15.5 Å². The second-order valence-corrected chi connectivity index (χ2v) is 5.42. The molecule has 118 valence electrons. The SMILES string of the molecule is FC(F)(F)c1ccccc1Cc1noc(C2CCCNC2)n1. The van der Waals surface area contributed by atoms with Crippen molar-refractivity contribution in [2.75, 3.05) is 13.1 Å². The summed E-state index contributed by atoms with van der Waals surface area (Å²) in [5.41, 5.74) is -0.496. The number of rotatable bonds is 3. The Bertz CT molecular complexity index is 633. The number of hydrogen-bond acceptors (Lipinski definition) is 4. The largest absolute Gasteiger partial charge is 0.416 e. The summed E-state index contributed by atoms with van der Waals surface area (Å²) in [6.45, 7) is 1.73. The van der Waals surface area contributed by atoms with Crippen molar-refractivity contribution in [1.29, 1.82) is 0 Å². The standard InChI is InChI=1S/C15H16F3N3O/c16-15(17,18)12-6-2-1-4-10(12)8-13-20-14(22-21-13)11-5-3-7-19-9-11/h1-2,4,6,11,19H,3,5,7-9H2. The molecule has 0 aliphatic carbocycles. The van der Waals surface area contributed by atoms with Crippen molar-refractivity contribution in [3.63, 3.8) is 0 Å². The number of aromatic nitrogens is 2. The van der Waals surface area contributed by atoms with Crippen LogP contribution in [-0.2, 0) is 12.6 Å². The van der Waals surface area contributed by atoms with Gasteiger partial charge < -0.3 is 9.84 Å². The van der Waals surface area contributed by atoms with Gasteiger partial charge in [-0.05, 0) is 31.0 Å². The van der Waals surface area contributed by atoms with Gasteiger partial charge in [0.1, 0.15) is 0 Å². The second kappa shape index (κ2) is 6.08. The number of piperidine rings is 1. The molecule has 22 heavy (non-hydrogen) atoms. The van der Waals surface area contributed by atoms with Gasteiger partial charge in [0.05, 0.1) is 11.5 Å². The molecule has 1 N–H and O–H groups in total. The molecule has 0 saturated carbocycles. The van der Waals surface area contributed by atoms with Crippen molar-refractivity contribution in [3.05, 3.63) is 47.1 Å². The van der Waals surface area contributed by atoms with E-state index in [2.05, 4.69) is 15.5 Å². The predicted octanol–water partition coefficient (Wildman–Crippen LogP) is 3.15. The van der Waals surface area contributed by atoms with Gasteiger partial charge in [0, 0.05) is 13.0 Å². The van der Waals surface area contributed by atoms with E-state index in [1.807, 2.05) is 0 Å². The number of halogens is 3.